The van der Waals surface area contributed by atoms with E-state index in [-0.39, 0.29) is 57.7 Å². The van der Waals surface area contributed by atoms with Crippen molar-refractivity contribution in [3.8, 4) is 0 Å². The Morgan fingerprint density at radius 3 is 2.68 bits per heavy atom. The molecule has 2 aromatic rings. The van der Waals surface area contributed by atoms with Crippen molar-refractivity contribution in [1.82, 2.24) is 20.3 Å². The summed E-state index contributed by atoms with van der Waals surface area (Å²) < 4.78 is 46.0. The van der Waals surface area contributed by atoms with Gasteiger partial charge in [0.25, 0.3) is 0 Å². The van der Waals surface area contributed by atoms with Gasteiger partial charge in [-0.2, -0.15) is 0 Å². The van der Waals surface area contributed by atoms with Crippen LogP contribution in [0.1, 0.15) is 56.3 Å². The number of nitrogens with zero attached hydrogens (tertiary/aromatic N) is 3. The molecule has 1 aromatic carbocycles. The van der Waals surface area contributed by atoms with Crippen LogP contribution in [0, 0.1) is 11.6 Å². The van der Waals surface area contributed by atoms with Crippen molar-refractivity contribution in [3.63, 3.8) is 0 Å². The van der Waals surface area contributed by atoms with E-state index in [1.165, 1.54) is 10.7 Å². The first-order valence-corrected chi connectivity index (χ1v) is 12.5. The SMILES string of the molecule is CCOC(=O)C1(Cc2cn(C3(C(=O)NC(CCO)c4ccc(F)cc4F)CCOCC3)nn2)CCCO1. The third kappa shape index (κ3) is 5.65. The lowest BCUT2D eigenvalue weighted by molar-refractivity contribution is -0.166. The van der Waals surface area contributed by atoms with Crippen LogP contribution >= 0.6 is 0 Å². The van der Waals surface area contributed by atoms with Gasteiger partial charge >= 0.3 is 5.97 Å². The zero-order valence-corrected chi connectivity index (χ0v) is 20.8. The van der Waals surface area contributed by atoms with E-state index in [1.807, 2.05) is 0 Å². The maximum atomic E-state index is 14.5. The van der Waals surface area contributed by atoms with Crippen LogP contribution in [0.3, 0.4) is 0 Å². The Morgan fingerprint density at radius 1 is 1.24 bits per heavy atom. The molecule has 2 saturated heterocycles. The molecule has 2 atom stereocenters. The van der Waals surface area contributed by atoms with Gasteiger partial charge in [0, 0.05) is 63.5 Å². The lowest BCUT2D eigenvalue weighted by Gasteiger charge is -2.36. The molecule has 0 bridgehead atoms. The second-order valence-corrected chi connectivity index (χ2v) is 9.35. The normalized spacial score (nSPS) is 21.9. The highest BCUT2D eigenvalue weighted by molar-refractivity contribution is 5.85. The van der Waals surface area contributed by atoms with Crippen LogP contribution < -0.4 is 5.32 Å². The number of aliphatic hydroxyl groups excluding tert-OH is 1. The van der Waals surface area contributed by atoms with E-state index >= 15 is 0 Å². The molecule has 0 saturated carbocycles. The van der Waals surface area contributed by atoms with Gasteiger partial charge in [0.1, 0.15) is 17.2 Å². The first-order chi connectivity index (χ1) is 17.8. The summed E-state index contributed by atoms with van der Waals surface area (Å²) in [4.78, 5) is 26.4. The van der Waals surface area contributed by atoms with Crippen molar-refractivity contribution in [2.45, 2.75) is 62.6 Å². The Balaban J connectivity index is 1.60. The highest BCUT2D eigenvalue weighted by Crippen LogP contribution is 2.34. The molecule has 4 rings (SSSR count). The minimum absolute atomic E-state index is 0.0306. The number of halogens is 2. The van der Waals surface area contributed by atoms with Crippen molar-refractivity contribution in [2.75, 3.05) is 33.0 Å². The van der Waals surface area contributed by atoms with Crippen LogP contribution in [0.5, 0.6) is 0 Å². The number of carbonyl (C=O) groups excluding carboxylic acids is 2. The molecule has 2 N–H and O–H groups in total. The summed E-state index contributed by atoms with van der Waals surface area (Å²) in [5, 5.41) is 20.8. The third-order valence-corrected chi connectivity index (χ3v) is 7.00. The van der Waals surface area contributed by atoms with Gasteiger partial charge in [-0.25, -0.2) is 18.3 Å². The van der Waals surface area contributed by atoms with Gasteiger partial charge in [-0.3, -0.25) is 4.79 Å². The number of amides is 1. The number of hydrogen-bond acceptors (Lipinski definition) is 8. The fourth-order valence-electron chi connectivity index (χ4n) is 4.99. The van der Waals surface area contributed by atoms with Gasteiger partial charge in [0.2, 0.25) is 5.91 Å². The Labute approximate surface area is 213 Å². The molecule has 2 aliphatic heterocycles. The molecule has 0 radical (unpaired) electrons. The van der Waals surface area contributed by atoms with Crippen molar-refractivity contribution in [2.24, 2.45) is 0 Å². The minimum atomic E-state index is -1.19. The average molecular weight is 523 g/mol. The van der Waals surface area contributed by atoms with Gasteiger partial charge < -0.3 is 24.6 Å². The summed E-state index contributed by atoms with van der Waals surface area (Å²) in [7, 11) is 0. The molecule has 12 heteroatoms. The standard InChI is InChI=1S/C25H32F2N4O6/c1-2-36-23(34)25(7-3-11-37-25)15-18-16-31(30-29-18)24(8-12-35-13-9-24)22(33)28-21(6-10-32)19-5-4-17(26)14-20(19)27/h4-5,14,16,21,32H,2-3,6-13,15H2,1H3,(H,28,33). The van der Waals surface area contributed by atoms with E-state index in [0.717, 1.165) is 12.1 Å². The van der Waals surface area contributed by atoms with E-state index in [1.54, 1.807) is 13.1 Å². The Kier molecular flexibility index (Phi) is 8.50. The van der Waals surface area contributed by atoms with Crippen LogP contribution in [0.25, 0.3) is 0 Å². The predicted molar refractivity (Wildman–Crippen MR) is 125 cm³/mol. The van der Waals surface area contributed by atoms with Gasteiger partial charge in [0.15, 0.2) is 5.60 Å². The zero-order valence-electron chi connectivity index (χ0n) is 20.8. The van der Waals surface area contributed by atoms with Crippen LogP contribution in [0.2, 0.25) is 0 Å². The minimum Gasteiger partial charge on any atom is -0.464 e. The van der Waals surface area contributed by atoms with E-state index in [2.05, 4.69) is 15.6 Å². The van der Waals surface area contributed by atoms with Gasteiger partial charge in [-0.05, 0) is 32.3 Å². The second-order valence-electron chi connectivity index (χ2n) is 9.35. The molecule has 10 nitrogen and oxygen atoms in total. The fourth-order valence-corrected chi connectivity index (χ4v) is 4.99. The molecular weight excluding hydrogens is 490 g/mol. The number of rotatable bonds is 10. The Morgan fingerprint density at radius 2 is 2.03 bits per heavy atom. The van der Waals surface area contributed by atoms with E-state index in [4.69, 9.17) is 14.2 Å². The van der Waals surface area contributed by atoms with Crippen LogP contribution in [0.4, 0.5) is 8.78 Å². The van der Waals surface area contributed by atoms with Crippen LogP contribution in [-0.4, -0.2) is 70.6 Å². The molecule has 1 aromatic heterocycles. The molecule has 0 aliphatic carbocycles. The first-order valence-electron chi connectivity index (χ1n) is 12.5. The number of aliphatic hydroxyl groups is 1. The largest absolute Gasteiger partial charge is 0.464 e. The predicted octanol–water partition coefficient (Wildman–Crippen LogP) is 1.96. The van der Waals surface area contributed by atoms with Crippen LogP contribution in [0.15, 0.2) is 24.4 Å². The van der Waals surface area contributed by atoms with Gasteiger partial charge in [0.05, 0.1) is 18.3 Å². The third-order valence-electron chi connectivity index (χ3n) is 7.00. The molecule has 37 heavy (non-hydrogen) atoms. The van der Waals surface area contributed by atoms with Crippen molar-refractivity contribution in [3.05, 3.63) is 47.3 Å². The van der Waals surface area contributed by atoms with E-state index in [0.29, 0.717) is 25.1 Å². The number of hydrogen-bond donors (Lipinski definition) is 2. The van der Waals surface area contributed by atoms with Gasteiger partial charge in [-0.1, -0.05) is 11.3 Å². The summed E-state index contributed by atoms with van der Waals surface area (Å²) in [6, 6.07) is 2.21. The maximum Gasteiger partial charge on any atom is 0.338 e. The Bertz CT molecular complexity index is 1100. The van der Waals surface area contributed by atoms with Crippen molar-refractivity contribution < 1.29 is 37.7 Å². The fraction of sp³-hybridized carbons (Fsp3) is 0.600. The number of ether oxygens (including phenoxy) is 3. The number of aromatic nitrogens is 3. The molecule has 3 heterocycles. The smallest absolute Gasteiger partial charge is 0.338 e. The topological polar surface area (TPSA) is 125 Å². The van der Waals surface area contributed by atoms with Crippen LogP contribution in [-0.2, 0) is 35.8 Å². The van der Waals surface area contributed by atoms with Crippen molar-refractivity contribution in [1.29, 1.82) is 0 Å². The highest BCUT2D eigenvalue weighted by atomic mass is 19.1. The number of esters is 1. The van der Waals surface area contributed by atoms with E-state index < -0.39 is 40.7 Å². The lowest BCUT2D eigenvalue weighted by Crippen LogP contribution is -2.53. The summed E-state index contributed by atoms with van der Waals surface area (Å²) in [6.45, 7) is 2.64. The molecule has 2 unspecified atom stereocenters. The number of carbonyl (C=O) groups is 2. The van der Waals surface area contributed by atoms with E-state index in [9.17, 15) is 23.5 Å². The van der Waals surface area contributed by atoms with Gasteiger partial charge in [-0.15, -0.1) is 5.10 Å². The quantitative estimate of drug-likeness (QED) is 0.454. The highest BCUT2D eigenvalue weighted by Gasteiger charge is 2.47. The molecule has 0 spiro atoms. The molecule has 1 amide bonds. The molecule has 2 fully saturated rings. The average Bonchev–Trinajstić information content (AvgIpc) is 3.55. The summed E-state index contributed by atoms with van der Waals surface area (Å²) in [6.07, 6.45) is 3.55. The van der Waals surface area contributed by atoms with Crippen molar-refractivity contribution >= 4 is 11.9 Å². The maximum absolute atomic E-state index is 14.5. The summed E-state index contributed by atoms with van der Waals surface area (Å²) in [5.74, 6) is -2.46. The second kappa shape index (κ2) is 11.6. The number of nitrogens with one attached hydrogen (secondary N) is 1. The lowest BCUT2D eigenvalue weighted by atomic mass is 9.88. The molecule has 202 valence electrons. The molecular formula is C25H32F2N4O6. The Hall–Kier alpha value is -2.96. The monoisotopic (exact) mass is 522 g/mol. The molecule has 2 aliphatic rings. The zero-order chi connectivity index (χ0) is 26.5. The number of benzene rings is 1. The first kappa shape index (κ1) is 27.1. The summed E-state index contributed by atoms with van der Waals surface area (Å²) >= 11 is 0. The summed E-state index contributed by atoms with van der Waals surface area (Å²) in [5.41, 5.74) is -1.81.